The number of nitro groups is 1. The molecule has 146 valence electrons. The highest BCUT2D eigenvalue weighted by atomic mass is 16.6. The van der Waals surface area contributed by atoms with E-state index >= 15 is 0 Å². The van der Waals surface area contributed by atoms with Gasteiger partial charge in [-0.25, -0.2) is 4.79 Å². The number of carbonyl (C=O) groups excluding carboxylic acids is 2. The minimum Gasteiger partial charge on any atom is -0.443 e. The average Bonchev–Trinajstić information content (AvgIpc) is 2.65. The van der Waals surface area contributed by atoms with Gasteiger partial charge in [-0.05, 0) is 43.5 Å². The fraction of sp³-hybridized carbons (Fsp3) is 0.238. The van der Waals surface area contributed by atoms with Crippen LogP contribution in [0.25, 0.3) is 6.08 Å². The van der Waals surface area contributed by atoms with Gasteiger partial charge in [0.25, 0.3) is 5.69 Å². The molecule has 2 rings (SSSR count). The van der Waals surface area contributed by atoms with Crippen LogP contribution in [0.4, 0.5) is 5.69 Å². The molecule has 0 aliphatic carbocycles. The number of hydrogen-bond donors (Lipinski definition) is 1. The molecule has 7 nitrogen and oxygen atoms in total. The first-order valence-electron chi connectivity index (χ1n) is 8.74. The average molecular weight is 382 g/mol. The van der Waals surface area contributed by atoms with Crippen LogP contribution < -0.4 is 5.32 Å². The Hall–Kier alpha value is -3.32. The summed E-state index contributed by atoms with van der Waals surface area (Å²) in [6.45, 7) is 5.41. The molecule has 0 aliphatic rings. The molecular weight excluding hydrogens is 360 g/mol. The highest BCUT2D eigenvalue weighted by Crippen LogP contribution is 2.17. The number of ketones is 1. The molecule has 0 saturated heterocycles. The maximum atomic E-state index is 12.4. The summed E-state index contributed by atoms with van der Waals surface area (Å²) in [6.07, 6.45) is 0.672. The highest BCUT2D eigenvalue weighted by molar-refractivity contribution is 6.19. The summed E-state index contributed by atoms with van der Waals surface area (Å²) in [7, 11) is 0. The summed E-state index contributed by atoms with van der Waals surface area (Å²) < 4.78 is 5.31. The predicted molar refractivity (Wildman–Crippen MR) is 105 cm³/mol. The maximum absolute atomic E-state index is 12.4. The number of aryl methyl sites for hydroxylation is 1. The second kappa shape index (κ2) is 9.57. The number of nitrogens with one attached hydrogen (secondary N) is 1. The van der Waals surface area contributed by atoms with E-state index in [1.54, 1.807) is 13.0 Å². The number of nitrogens with zero attached hydrogens (tertiary/aromatic N) is 1. The number of Topliss-reactive ketones (excluding diaryl/α,β-unsaturated/α-hetero) is 1. The van der Waals surface area contributed by atoms with Crippen molar-refractivity contribution >= 4 is 23.5 Å². The zero-order chi connectivity index (χ0) is 20.7. The number of esters is 1. The van der Waals surface area contributed by atoms with Gasteiger partial charge < -0.3 is 4.74 Å². The number of rotatable bonds is 8. The molecule has 0 heterocycles. The Morgan fingerprint density at radius 3 is 2.57 bits per heavy atom. The van der Waals surface area contributed by atoms with Gasteiger partial charge in [0, 0.05) is 18.7 Å². The molecule has 0 unspecified atom stereocenters. The summed E-state index contributed by atoms with van der Waals surface area (Å²) in [6, 6.07) is 13.5. The van der Waals surface area contributed by atoms with Crippen LogP contribution in [-0.4, -0.2) is 22.9 Å². The molecule has 2 aromatic rings. The van der Waals surface area contributed by atoms with Crippen LogP contribution in [0, 0.1) is 17.0 Å². The molecule has 0 saturated carbocycles. The molecule has 7 heteroatoms. The molecule has 0 bridgehead atoms. The van der Waals surface area contributed by atoms with Crippen LogP contribution >= 0.6 is 0 Å². The van der Waals surface area contributed by atoms with Gasteiger partial charge >= 0.3 is 5.97 Å². The Morgan fingerprint density at radius 2 is 1.93 bits per heavy atom. The summed E-state index contributed by atoms with van der Waals surface area (Å²) in [4.78, 5) is 34.6. The third-order valence-corrected chi connectivity index (χ3v) is 4.12. The zero-order valence-electron chi connectivity index (χ0n) is 16.0. The van der Waals surface area contributed by atoms with Gasteiger partial charge in [-0.15, -0.1) is 0 Å². The van der Waals surface area contributed by atoms with Gasteiger partial charge in [0.05, 0.1) is 4.92 Å². The second-order valence-electron chi connectivity index (χ2n) is 6.32. The largest absolute Gasteiger partial charge is 0.443 e. The zero-order valence-corrected chi connectivity index (χ0v) is 16.0. The van der Waals surface area contributed by atoms with Gasteiger partial charge in [0.1, 0.15) is 5.57 Å². The SMILES string of the molecule is CC(=O)/C(=C\c1cccc([N+](=O)[O-])c1)C(=O)O[C@@H](C)NCc1ccccc1C. The topological polar surface area (TPSA) is 98.5 Å². The Balaban J connectivity index is 2.08. The van der Waals surface area contributed by atoms with E-state index < -0.39 is 22.9 Å². The van der Waals surface area contributed by atoms with E-state index in [1.807, 2.05) is 31.2 Å². The van der Waals surface area contributed by atoms with Crippen molar-refractivity contribution in [1.29, 1.82) is 0 Å². The molecule has 1 N–H and O–H groups in total. The van der Waals surface area contributed by atoms with Crippen LogP contribution in [-0.2, 0) is 20.9 Å². The quantitative estimate of drug-likeness (QED) is 0.143. The van der Waals surface area contributed by atoms with E-state index in [1.165, 1.54) is 31.2 Å². The van der Waals surface area contributed by atoms with Gasteiger partial charge in [0.15, 0.2) is 12.0 Å². The summed E-state index contributed by atoms with van der Waals surface area (Å²) in [5.74, 6) is -1.27. The minimum atomic E-state index is -0.788. The maximum Gasteiger partial charge on any atom is 0.343 e. The van der Waals surface area contributed by atoms with Crippen molar-refractivity contribution in [2.75, 3.05) is 0 Å². The van der Waals surface area contributed by atoms with Gasteiger partial charge in [-0.3, -0.25) is 20.2 Å². The number of carbonyl (C=O) groups is 2. The van der Waals surface area contributed by atoms with Crippen molar-refractivity contribution in [3.8, 4) is 0 Å². The number of benzene rings is 2. The fourth-order valence-corrected chi connectivity index (χ4v) is 2.53. The van der Waals surface area contributed by atoms with Crippen molar-refractivity contribution in [2.45, 2.75) is 33.5 Å². The molecule has 2 aromatic carbocycles. The Kier molecular flexibility index (Phi) is 7.17. The number of ether oxygens (including phenoxy) is 1. The Bertz CT molecular complexity index is 921. The Morgan fingerprint density at radius 1 is 1.21 bits per heavy atom. The molecule has 0 aliphatic heterocycles. The lowest BCUT2D eigenvalue weighted by Gasteiger charge is -2.16. The lowest BCUT2D eigenvalue weighted by atomic mass is 10.1. The smallest absolute Gasteiger partial charge is 0.343 e. The van der Waals surface area contributed by atoms with E-state index in [9.17, 15) is 19.7 Å². The summed E-state index contributed by atoms with van der Waals surface area (Å²) in [5.41, 5.74) is 2.26. The Labute approximate surface area is 163 Å². The van der Waals surface area contributed by atoms with Crippen LogP contribution in [0.3, 0.4) is 0 Å². The second-order valence-corrected chi connectivity index (χ2v) is 6.32. The number of hydrogen-bond acceptors (Lipinski definition) is 6. The van der Waals surface area contributed by atoms with Gasteiger partial charge in [-0.2, -0.15) is 0 Å². The predicted octanol–water partition coefficient (Wildman–Crippen LogP) is 3.55. The number of nitro benzene ring substituents is 1. The molecule has 1 atom stereocenters. The van der Waals surface area contributed by atoms with Crippen molar-refractivity contribution in [3.63, 3.8) is 0 Å². The molecule has 0 spiro atoms. The van der Waals surface area contributed by atoms with E-state index in [4.69, 9.17) is 4.74 Å². The normalized spacial score (nSPS) is 12.3. The highest BCUT2D eigenvalue weighted by Gasteiger charge is 2.19. The molecule has 0 aromatic heterocycles. The summed E-state index contributed by atoms with van der Waals surface area (Å²) in [5, 5.41) is 14.0. The van der Waals surface area contributed by atoms with Crippen molar-refractivity contribution in [2.24, 2.45) is 0 Å². The van der Waals surface area contributed by atoms with Crippen molar-refractivity contribution in [1.82, 2.24) is 5.32 Å². The van der Waals surface area contributed by atoms with Gasteiger partial charge in [0.2, 0.25) is 0 Å². The first-order valence-corrected chi connectivity index (χ1v) is 8.74. The van der Waals surface area contributed by atoms with E-state index in [0.717, 1.165) is 11.1 Å². The van der Waals surface area contributed by atoms with Crippen LogP contribution in [0.1, 0.15) is 30.5 Å². The summed E-state index contributed by atoms with van der Waals surface area (Å²) >= 11 is 0. The van der Waals surface area contributed by atoms with Crippen molar-refractivity contribution < 1.29 is 19.2 Å². The minimum absolute atomic E-state index is 0.127. The van der Waals surface area contributed by atoms with Crippen LogP contribution in [0.2, 0.25) is 0 Å². The lowest BCUT2D eigenvalue weighted by molar-refractivity contribution is -0.384. The molecular formula is C21H22N2O5. The standard InChI is InChI=1S/C21H22N2O5/c1-14-7-4-5-9-18(14)13-22-16(3)28-21(25)20(15(2)24)12-17-8-6-10-19(11-17)23(26)27/h4-12,16,22H,13H2,1-3H3/b20-12+/t16-/m0/s1. The first kappa shape index (κ1) is 21.0. The van der Waals surface area contributed by atoms with Gasteiger partial charge in [-0.1, -0.05) is 36.4 Å². The first-order chi connectivity index (χ1) is 13.3. The third kappa shape index (κ3) is 5.85. The third-order valence-electron chi connectivity index (χ3n) is 4.12. The lowest BCUT2D eigenvalue weighted by Crippen LogP contribution is -2.32. The van der Waals surface area contributed by atoms with Crippen LogP contribution in [0.15, 0.2) is 54.1 Å². The molecule has 28 heavy (non-hydrogen) atoms. The number of non-ortho nitro benzene ring substituents is 1. The van der Waals surface area contributed by atoms with E-state index in [-0.39, 0.29) is 11.3 Å². The monoisotopic (exact) mass is 382 g/mol. The molecule has 0 amide bonds. The van der Waals surface area contributed by atoms with Crippen LogP contribution in [0.5, 0.6) is 0 Å². The van der Waals surface area contributed by atoms with E-state index in [2.05, 4.69) is 5.32 Å². The molecule has 0 fully saturated rings. The van der Waals surface area contributed by atoms with E-state index in [0.29, 0.717) is 12.1 Å². The van der Waals surface area contributed by atoms with Crippen molar-refractivity contribution in [3.05, 3.63) is 80.9 Å². The fourth-order valence-electron chi connectivity index (χ4n) is 2.53. The molecule has 0 radical (unpaired) electrons.